The summed E-state index contributed by atoms with van der Waals surface area (Å²) in [7, 11) is 1.53. The van der Waals surface area contributed by atoms with Gasteiger partial charge < -0.3 is 14.8 Å². The van der Waals surface area contributed by atoms with E-state index in [0.29, 0.717) is 28.5 Å². The summed E-state index contributed by atoms with van der Waals surface area (Å²) in [6.07, 6.45) is 2.23. The Morgan fingerprint density at radius 1 is 0.946 bits per heavy atom. The molecular formula is C31H24ClNO4. The molecule has 0 amide bonds. The van der Waals surface area contributed by atoms with E-state index in [4.69, 9.17) is 21.1 Å². The number of hydrogen-bond donors (Lipinski definition) is 1. The second kappa shape index (κ2) is 9.41. The fourth-order valence-electron chi connectivity index (χ4n) is 5.35. The lowest BCUT2D eigenvalue weighted by atomic mass is 9.77. The van der Waals surface area contributed by atoms with Crippen molar-refractivity contribution in [3.05, 3.63) is 106 Å². The third kappa shape index (κ3) is 4.15. The van der Waals surface area contributed by atoms with Crippen LogP contribution in [0.5, 0.6) is 11.5 Å². The van der Waals surface area contributed by atoms with E-state index in [1.807, 2.05) is 24.3 Å². The van der Waals surface area contributed by atoms with Crippen molar-refractivity contribution in [3.8, 4) is 11.5 Å². The van der Waals surface area contributed by atoms with Crippen LogP contribution in [0.25, 0.3) is 16.3 Å². The predicted octanol–water partition coefficient (Wildman–Crippen LogP) is 7.39. The molecule has 0 saturated carbocycles. The minimum atomic E-state index is -0.508. The molecule has 0 aromatic heterocycles. The number of methoxy groups -OCH3 is 1. The lowest BCUT2D eigenvalue weighted by Gasteiger charge is -2.35. The highest BCUT2D eigenvalue weighted by atomic mass is 35.5. The van der Waals surface area contributed by atoms with E-state index in [9.17, 15) is 9.59 Å². The van der Waals surface area contributed by atoms with E-state index in [1.165, 1.54) is 7.11 Å². The van der Waals surface area contributed by atoms with Crippen molar-refractivity contribution in [2.45, 2.75) is 25.3 Å². The molecule has 1 heterocycles. The minimum absolute atomic E-state index is 0.162. The standard InChI is InChI=1S/C31H24ClNO4/c1-36-27-17-20(12-16-26(27)37-31(35)19-9-13-21(32)14-10-19)30-29-23(7-4-8-25(29)34)28-22-6-3-2-5-18(22)11-15-24(28)33-30/h2-3,5-6,9-17,30,33H,4,7-8H2,1H3. The summed E-state index contributed by atoms with van der Waals surface area (Å²) in [5.41, 5.74) is 5.31. The van der Waals surface area contributed by atoms with Crippen LogP contribution in [0.4, 0.5) is 5.69 Å². The molecule has 184 valence electrons. The Kier molecular flexibility index (Phi) is 5.93. The zero-order chi connectivity index (χ0) is 25.5. The van der Waals surface area contributed by atoms with Crippen LogP contribution in [0.15, 0.2) is 84.4 Å². The van der Waals surface area contributed by atoms with E-state index in [1.54, 1.807) is 30.3 Å². The average molecular weight is 510 g/mol. The highest BCUT2D eigenvalue weighted by Crippen LogP contribution is 2.48. The molecule has 0 fully saturated rings. The number of halogens is 1. The largest absolute Gasteiger partial charge is 0.493 e. The number of hydrogen-bond acceptors (Lipinski definition) is 5. The first-order valence-electron chi connectivity index (χ1n) is 12.2. The van der Waals surface area contributed by atoms with Gasteiger partial charge in [0, 0.05) is 28.3 Å². The van der Waals surface area contributed by atoms with Crippen LogP contribution < -0.4 is 14.8 Å². The number of anilines is 1. The summed E-state index contributed by atoms with van der Waals surface area (Å²) >= 11 is 5.93. The molecule has 4 aromatic carbocycles. The number of esters is 1. The molecule has 1 unspecified atom stereocenters. The lowest BCUT2D eigenvalue weighted by Crippen LogP contribution is -2.27. The Labute approximate surface area is 219 Å². The van der Waals surface area contributed by atoms with Crippen molar-refractivity contribution in [2.75, 3.05) is 12.4 Å². The maximum atomic E-state index is 13.3. The third-order valence-corrected chi connectivity index (χ3v) is 7.33. The average Bonchev–Trinajstić information content (AvgIpc) is 2.93. The Balaban J connectivity index is 1.40. The van der Waals surface area contributed by atoms with E-state index in [0.717, 1.165) is 51.6 Å². The van der Waals surface area contributed by atoms with E-state index >= 15 is 0 Å². The van der Waals surface area contributed by atoms with Gasteiger partial charge in [-0.05, 0) is 77.2 Å². The van der Waals surface area contributed by atoms with Gasteiger partial charge in [-0.2, -0.15) is 0 Å². The smallest absolute Gasteiger partial charge is 0.343 e. The quantitative estimate of drug-likeness (QED) is 0.229. The Hall–Kier alpha value is -4.09. The predicted molar refractivity (Wildman–Crippen MR) is 145 cm³/mol. The second-order valence-corrected chi connectivity index (χ2v) is 9.70. The fraction of sp³-hybridized carbons (Fsp3) is 0.161. The number of carbonyl (C=O) groups excluding carboxylic acids is 2. The van der Waals surface area contributed by atoms with Crippen molar-refractivity contribution >= 4 is 45.4 Å². The molecule has 37 heavy (non-hydrogen) atoms. The monoisotopic (exact) mass is 509 g/mol. The van der Waals surface area contributed by atoms with E-state index < -0.39 is 5.97 Å². The molecule has 0 radical (unpaired) electrons. The zero-order valence-electron chi connectivity index (χ0n) is 20.2. The first-order chi connectivity index (χ1) is 18.0. The van der Waals surface area contributed by atoms with Crippen molar-refractivity contribution in [1.29, 1.82) is 0 Å². The molecule has 2 aliphatic rings. The van der Waals surface area contributed by atoms with Crippen LogP contribution >= 0.6 is 11.6 Å². The van der Waals surface area contributed by atoms with Gasteiger partial charge in [-0.3, -0.25) is 4.79 Å². The van der Waals surface area contributed by atoms with Crippen molar-refractivity contribution in [2.24, 2.45) is 0 Å². The molecule has 5 nitrogen and oxygen atoms in total. The van der Waals surface area contributed by atoms with Crippen LogP contribution in [0.1, 0.15) is 46.8 Å². The molecule has 1 aliphatic carbocycles. The van der Waals surface area contributed by atoms with Crippen molar-refractivity contribution in [1.82, 2.24) is 0 Å². The number of benzene rings is 4. The zero-order valence-corrected chi connectivity index (χ0v) is 21.0. The first kappa shape index (κ1) is 23.3. The fourth-order valence-corrected chi connectivity index (χ4v) is 5.47. The lowest BCUT2D eigenvalue weighted by molar-refractivity contribution is -0.116. The molecule has 1 aliphatic heterocycles. The number of rotatable bonds is 4. The SMILES string of the molecule is COc1cc(C2Nc3ccc4ccccc4c3C3=C2C(=O)CCC3)ccc1OC(=O)c1ccc(Cl)cc1. The molecule has 6 heteroatoms. The Bertz CT molecular complexity index is 1590. The van der Waals surface area contributed by atoms with Crippen LogP contribution in [-0.4, -0.2) is 18.9 Å². The Morgan fingerprint density at radius 2 is 1.76 bits per heavy atom. The van der Waals surface area contributed by atoms with Gasteiger partial charge in [0.15, 0.2) is 17.3 Å². The topological polar surface area (TPSA) is 64.6 Å². The van der Waals surface area contributed by atoms with Crippen molar-refractivity contribution < 1.29 is 19.1 Å². The molecule has 4 aromatic rings. The number of fused-ring (bicyclic) bond motifs is 4. The van der Waals surface area contributed by atoms with Gasteiger partial charge in [0.1, 0.15) is 0 Å². The maximum Gasteiger partial charge on any atom is 0.343 e. The first-order valence-corrected chi connectivity index (χ1v) is 12.6. The number of carbonyl (C=O) groups is 2. The van der Waals surface area contributed by atoms with Crippen LogP contribution in [0.3, 0.4) is 0 Å². The van der Waals surface area contributed by atoms with Gasteiger partial charge in [0.2, 0.25) is 0 Å². The number of nitrogens with one attached hydrogen (secondary N) is 1. The van der Waals surface area contributed by atoms with E-state index in [2.05, 4.69) is 29.6 Å². The van der Waals surface area contributed by atoms with Crippen molar-refractivity contribution in [3.63, 3.8) is 0 Å². The number of Topliss-reactive ketones (excluding diaryl/α,β-unsaturated/α-hetero) is 1. The van der Waals surface area contributed by atoms with Gasteiger partial charge >= 0.3 is 5.97 Å². The molecule has 0 bridgehead atoms. The van der Waals surface area contributed by atoms with Gasteiger partial charge in [0.25, 0.3) is 0 Å². The van der Waals surface area contributed by atoms with Crippen LogP contribution in [0, 0.1) is 0 Å². The summed E-state index contributed by atoms with van der Waals surface area (Å²) in [5, 5.41) is 6.46. The van der Waals surface area contributed by atoms with E-state index in [-0.39, 0.29) is 11.8 Å². The summed E-state index contributed by atoms with van der Waals surface area (Å²) < 4.78 is 11.2. The van der Waals surface area contributed by atoms with Gasteiger partial charge in [-0.25, -0.2) is 4.79 Å². The second-order valence-electron chi connectivity index (χ2n) is 9.26. The summed E-state index contributed by atoms with van der Waals surface area (Å²) in [5.74, 6) is 0.371. The highest BCUT2D eigenvalue weighted by Gasteiger charge is 2.35. The molecule has 0 saturated heterocycles. The maximum absolute atomic E-state index is 13.3. The van der Waals surface area contributed by atoms with Crippen LogP contribution in [-0.2, 0) is 4.79 Å². The molecular weight excluding hydrogens is 486 g/mol. The van der Waals surface area contributed by atoms with Crippen LogP contribution in [0.2, 0.25) is 5.02 Å². The molecule has 0 spiro atoms. The number of ketones is 1. The number of ether oxygens (including phenoxy) is 2. The third-order valence-electron chi connectivity index (χ3n) is 7.08. The van der Waals surface area contributed by atoms with Gasteiger partial charge in [0.05, 0.1) is 18.7 Å². The normalized spacial score (nSPS) is 16.6. The summed E-state index contributed by atoms with van der Waals surface area (Å²) in [6.45, 7) is 0. The van der Waals surface area contributed by atoms with Gasteiger partial charge in [-0.15, -0.1) is 0 Å². The molecule has 1 atom stereocenters. The summed E-state index contributed by atoms with van der Waals surface area (Å²) in [4.78, 5) is 26.0. The number of allylic oxidation sites excluding steroid dienone is 1. The Morgan fingerprint density at radius 3 is 2.57 bits per heavy atom. The minimum Gasteiger partial charge on any atom is -0.493 e. The highest BCUT2D eigenvalue weighted by molar-refractivity contribution is 6.30. The summed E-state index contributed by atoms with van der Waals surface area (Å²) in [6, 6.07) is 24.1. The van der Waals surface area contributed by atoms with Gasteiger partial charge in [-0.1, -0.05) is 48.0 Å². The molecule has 6 rings (SSSR count). The molecule has 1 N–H and O–H groups in total.